The van der Waals surface area contributed by atoms with Gasteiger partial charge in [0.25, 0.3) is 5.91 Å². The molecule has 0 saturated carbocycles. The summed E-state index contributed by atoms with van der Waals surface area (Å²) >= 11 is 0. The molecule has 0 radical (unpaired) electrons. The number of rotatable bonds is 4. The molecule has 0 spiro atoms. The van der Waals surface area contributed by atoms with E-state index < -0.39 is 5.91 Å². The number of pyridine rings is 1. The first-order valence-corrected chi connectivity index (χ1v) is 9.76. The van der Waals surface area contributed by atoms with Gasteiger partial charge in [-0.25, -0.2) is 0 Å². The van der Waals surface area contributed by atoms with Crippen LogP contribution >= 0.6 is 0 Å². The molecule has 1 aromatic heterocycles. The number of hydrogen-bond acceptors (Lipinski definition) is 4. The van der Waals surface area contributed by atoms with Crippen LogP contribution in [0.1, 0.15) is 75.1 Å². The minimum Gasteiger partial charge on any atom is -0.507 e. The first-order valence-electron chi connectivity index (χ1n) is 9.76. The number of phenols is 1. The molecular weight excluding hydrogens is 366 g/mol. The van der Waals surface area contributed by atoms with Gasteiger partial charge < -0.3 is 5.11 Å². The summed E-state index contributed by atoms with van der Waals surface area (Å²) in [6.45, 7) is 12.3. The van der Waals surface area contributed by atoms with E-state index in [0.29, 0.717) is 12.2 Å². The SMILES string of the molecule is CC(C)(C)c1cc(CCC(=O)NNC(=O)c2ccccn2)cc(C(C)(C)C)c1O. The van der Waals surface area contributed by atoms with Crippen molar-refractivity contribution in [2.75, 3.05) is 0 Å². The summed E-state index contributed by atoms with van der Waals surface area (Å²) in [5, 5.41) is 10.8. The summed E-state index contributed by atoms with van der Waals surface area (Å²) in [6, 6.07) is 8.91. The molecule has 1 heterocycles. The molecule has 0 aliphatic rings. The summed E-state index contributed by atoms with van der Waals surface area (Å²) in [7, 11) is 0. The molecule has 29 heavy (non-hydrogen) atoms. The Labute approximate surface area is 172 Å². The van der Waals surface area contributed by atoms with E-state index in [-0.39, 0.29) is 28.9 Å². The van der Waals surface area contributed by atoms with Gasteiger partial charge in [-0.15, -0.1) is 0 Å². The zero-order valence-electron chi connectivity index (χ0n) is 18.1. The predicted molar refractivity (Wildman–Crippen MR) is 114 cm³/mol. The van der Waals surface area contributed by atoms with Crippen LogP contribution in [0.2, 0.25) is 0 Å². The number of carbonyl (C=O) groups excluding carboxylic acids is 2. The molecule has 156 valence electrons. The fourth-order valence-corrected chi connectivity index (χ4v) is 2.99. The van der Waals surface area contributed by atoms with Crippen LogP contribution < -0.4 is 10.9 Å². The molecule has 2 aromatic rings. The number of nitrogens with zero attached hydrogens (tertiary/aromatic N) is 1. The fourth-order valence-electron chi connectivity index (χ4n) is 2.99. The van der Waals surface area contributed by atoms with E-state index in [1.54, 1.807) is 18.2 Å². The smallest absolute Gasteiger partial charge is 0.288 e. The number of aryl methyl sites for hydroxylation is 1. The molecule has 3 N–H and O–H groups in total. The molecule has 0 aliphatic carbocycles. The summed E-state index contributed by atoms with van der Waals surface area (Å²) in [4.78, 5) is 28.1. The van der Waals surface area contributed by atoms with Gasteiger partial charge in [0.15, 0.2) is 0 Å². The average molecular weight is 398 g/mol. The van der Waals surface area contributed by atoms with E-state index >= 15 is 0 Å². The van der Waals surface area contributed by atoms with Crippen molar-refractivity contribution in [3.63, 3.8) is 0 Å². The maximum atomic E-state index is 12.2. The van der Waals surface area contributed by atoms with Crippen molar-refractivity contribution < 1.29 is 14.7 Å². The molecule has 2 amide bonds. The number of benzene rings is 1. The molecule has 6 nitrogen and oxygen atoms in total. The molecule has 0 aliphatic heterocycles. The third kappa shape index (κ3) is 6.04. The zero-order valence-corrected chi connectivity index (χ0v) is 18.1. The maximum Gasteiger partial charge on any atom is 0.288 e. The number of carbonyl (C=O) groups is 2. The molecule has 0 bridgehead atoms. The topological polar surface area (TPSA) is 91.3 Å². The van der Waals surface area contributed by atoms with Crippen LogP contribution in [0, 0.1) is 0 Å². The van der Waals surface area contributed by atoms with Crippen molar-refractivity contribution in [2.24, 2.45) is 0 Å². The largest absolute Gasteiger partial charge is 0.507 e. The maximum absolute atomic E-state index is 12.2. The van der Waals surface area contributed by atoms with Crippen LogP contribution in [0.15, 0.2) is 36.5 Å². The lowest BCUT2D eigenvalue weighted by Gasteiger charge is -2.28. The minimum atomic E-state index is -0.464. The van der Waals surface area contributed by atoms with Gasteiger partial charge in [-0.05, 0) is 46.1 Å². The van der Waals surface area contributed by atoms with Crippen LogP contribution in [0.25, 0.3) is 0 Å². The second kappa shape index (κ2) is 8.64. The Hall–Kier alpha value is -2.89. The molecule has 0 saturated heterocycles. The molecule has 0 fully saturated rings. The lowest BCUT2D eigenvalue weighted by molar-refractivity contribution is -0.121. The number of nitrogens with one attached hydrogen (secondary N) is 2. The number of hydrogen-bond donors (Lipinski definition) is 3. The van der Waals surface area contributed by atoms with Crippen LogP contribution in [0.3, 0.4) is 0 Å². The Balaban J connectivity index is 2.07. The van der Waals surface area contributed by atoms with Crippen molar-refractivity contribution >= 4 is 11.8 Å². The molecular formula is C23H31N3O3. The monoisotopic (exact) mass is 397 g/mol. The van der Waals surface area contributed by atoms with Crippen LogP contribution in [0.5, 0.6) is 5.75 Å². The van der Waals surface area contributed by atoms with Crippen molar-refractivity contribution in [3.8, 4) is 5.75 Å². The van der Waals surface area contributed by atoms with E-state index in [9.17, 15) is 14.7 Å². The van der Waals surface area contributed by atoms with Gasteiger partial charge in [0.2, 0.25) is 5.91 Å². The third-order valence-corrected chi connectivity index (χ3v) is 4.64. The number of aromatic nitrogens is 1. The van der Waals surface area contributed by atoms with Gasteiger partial charge in [0.05, 0.1) is 0 Å². The Bertz CT molecular complexity index is 843. The van der Waals surface area contributed by atoms with E-state index in [1.807, 2.05) is 12.1 Å². The highest BCUT2D eigenvalue weighted by Gasteiger charge is 2.26. The quantitative estimate of drug-likeness (QED) is 0.685. The standard InChI is InChI=1S/C23H31N3O3/c1-22(2,3)16-13-15(14-17(20(16)28)23(4,5)6)10-11-19(27)25-26-21(29)18-9-7-8-12-24-18/h7-9,12-14,28H,10-11H2,1-6H3,(H,25,27)(H,26,29). The van der Waals surface area contributed by atoms with Crippen LogP contribution in [0.4, 0.5) is 0 Å². The highest BCUT2D eigenvalue weighted by atomic mass is 16.3. The summed E-state index contributed by atoms with van der Waals surface area (Å²) in [5.74, 6) is -0.438. The van der Waals surface area contributed by atoms with Gasteiger partial charge in [-0.2, -0.15) is 0 Å². The lowest BCUT2D eigenvalue weighted by atomic mass is 9.78. The molecule has 0 unspecified atom stereocenters. The average Bonchev–Trinajstić information content (AvgIpc) is 2.64. The summed E-state index contributed by atoms with van der Waals surface area (Å²) in [5.41, 5.74) is 7.29. The summed E-state index contributed by atoms with van der Waals surface area (Å²) < 4.78 is 0. The van der Waals surface area contributed by atoms with Gasteiger partial charge in [0, 0.05) is 12.6 Å². The molecule has 0 atom stereocenters. The number of aromatic hydroxyl groups is 1. The first kappa shape index (κ1) is 22.4. The lowest BCUT2D eigenvalue weighted by Crippen LogP contribution is -2.42. The summed E-state index contributed by atoms with van der Waals surface area (Å²) in [6.07, 6.45) is 2.22. The second-order valence-corrected chi connectivity index (χ2v) is 9.26. The van der Waals surface area contributed by atoms with Gasteiger partial charge in [0.1, 0.15) is 11.4 Å². The molecule has 6 heteroatoms. The van der Waals surface area contributed by atoms with Crippen LogP contribution in [-0.2, 0) is 22.0 Å². The Morgan fingerprint density at radius 2 is 1.55 bits per heavy atom. The third-order valence-electron chi connectivity index (χ3n) is 4.64. The minimum absolute atomic E-state index is 0.209. The van der Waals surface area contributed by atoms with E-state index in [0.717, 1.165) is 16.7 Å². The Morgan fingerprint density at radius 1 is 0.966 bits per heavy atom. The first-order chi connectivity index (χ1) is 13.4. The van der Waals surface area contributed by atoms with Gasteiger partial charge in [-0.3, -0.25) is 25.4 Å². The van der Waals surface area contributed by atoms with Crippen molar-refractivity contribution in [2.45, 2.75) is 65.2 Å². The zero-order chi connectivity index (χ0) is 21.8. The van der Waals surface area contributed by atoms with E-state index in [1.165, 1.54) is 6.20 Å². The second-order valence-electron chi connectivity index (χ2n) is 9.26. The predicted octanol–water partition coefficient (Wildman–Crippen LogP) is 3.78. The Morgan fingerprint density at radius 3 is 2.03 bits per heavy atom. The highest BCUT2D eigenvalue weighted by molar-refractivity contribution is 5.93. The van der Waals surface area contributed by atoms with Crippen molar-refractivity contribution in [1.29, 1.82) is 0 Å². The number of amides is 2. The van der Waals surface area contributed by atoms with Crippen LogP contribution in [-0.4, -0.2) is 21.9 Å². The molecule has 2 rings (SSSR count). The highest BCUT2D eigenvalue weighted by Crippen LogP contribution is 2.39. The Kier molecular flexibility index (Phi) is 6.67. The molecule has 1 aromatic carbocycles. The normalized spacial score (nSPS) is 11.8. The fraction of sp³-hybridized carbons (Fsp3) is 0.435. The number of hydrazine groups is 1. The van der Waals surface area contributed by atoms with Crippen molar-refractivity contribution in [1.82, 2.24) is 15.8 Å². The van der Waals surface area contributed by atoms with Gasteiger partial charge in [-0.1, -0.05) is 59.7 Å². The van der Waals surface area contributed by atoms with Crippen molar-refractivity contribution in [3.05, 3.63) is 58.9 Å². The van der Waals surface area contributed by atoms with E-state index in [4.69, 9.17) is 0 Å². The number of phenolic OH excluding ortho intramolecular Hbond substituents is 1. The van der Waals surface area contributed by atoms with E-state index in [2.05, 4.69) is 57.4 Å². The van der Waals surface area contributed by atoms with Gasteiger partial charge >= 0.3 is 0 Å².